The molecule has 3 aromatic carbocycles. The van der Waals surface area contributed by atoms with Gasteiger partial charge in [0.1, 0.15) is 5.70 Å². The van der Waals surface area contributed by atoms with Crippen molar-refractivity contribution in [3.05, 3.63) is 90.5 Å². The summed E-state index contributed by atoms with van der Waals surface area (Å²) >= 11 is 5.83. The van der Waals surface area contributed by atoms with Gasteiger partial charge in [0.15, 0.2) is 10.9 Å². The van der Waals surface area contributed by atoms with Crippen molar-refractivity contribution in [3.8, 4) is 5.75 Å². The van der Waals surface area contributed by atoms with Crippen LogP contribution in [0.1, 0.15) is 46.0 Å². The van der Waals surface area contributed by atoms with Crippen LogP contribution in [0.2, 0.25) is 0 Å². The quantitative estimate of drug-likeness (QED) is 0.170. The van der Waals surface area contributed by atoms with Crippen LogP contribution in [0.25, 0.3) is 10.8 Å². The number of anilines is 2. The number of carbonyl (C=O) groups is 1. The zero-order valence-corrected chi connectivity index (χ0v) is 22.3. The number of rotatable bonds is 9. The maximum Gasteiger partial charge on any atom is 0.277 e. The van der Waals surface area contributed by atoms with Crippen molar-refractivity contribution < 1.29 is 9.53 Å². The van der Waals surface area contributed by atoms with E-state index in [0.29, 0.717) is 23.2 Å². The molecule has 0 saturated carbocycles. The highest BCUT2D eigenvalue weighted by atomic mass is 32.1. The van der Waals surface area contributed by atoms with Crippen molar-refractivity contribution in [2.24, 2.45) is 0 Å². The second kappa shape index (κ2) is 11.2. The molecule has 5 nitrogen and oxygen atoms in total. The van der Waals surface area contributed by atoms with Crippen molar-refractivity contribution in [1.82, 2.24) is 4.90 Å². The molecule has 5 rings (SSSR count). The fraction of sp³-hybridized carbons (Fsp3) is 0.290. The second-order valence-electron chi connectivity index (χ2n) is 9.36. The summed E-state index contributed by atoms with van der Waals surface area (Å²) < 4.78 is 6.38. The molecule has 0 unspecified atom stereocenters. The molecule has 2 aliphatic rings. The van der Waals surface area contributed by atoms with Crippen LogP contribution >= 0.6 is 12.2 Å². The molecule has 2 heterocycles. The number of ether oxygens (including phenoxy) is 1. The van der Waals surface area contributed by atoms with Crippen LogP contribution < -0.4 is 14.5 Å². The average Bonchev–Trinajstić information content (AvgIpc) is 3.41. The van der Waals surface area contributed by atoms with Gasteiger partial charge in [-0.15, -0.1) is 0 Å². The van der Waals surface area contributed by atoms with Crippen LogP contribution in [0.15, 0.2) is 90.5 Å². The van der Waals surface area contributed by atoms with E-state index in [1.165, 1.54) is 19.3 Å². The molecule has 0 radical (unpaired) electrons. The SMILES string of the molecule is CCCCCCCN1C(=O)C(=CC=C2Oc3c(ccc4ccccc34)N2CC)N(c2ccccc2)C1=S. The first kappa shape index (κ1) is 25.0. The van der Waals surface area contributed by atoms with Crippen LogP contribution in [0.3, 0.4) is 0 Å². The lowest BCUT2D eigenvalue weighted by atomic mass is 10.1. The minimum absolute atomic E-state index is 0.0646. The number of hydrogen-bond donors (Lipinski definition) is 0. The maximum atomic E-state index is 13.6. The number of para-hydroxylation sites is 1. The Labute approximate surface area is 224 Å². The van der Waals surface area contributed by atoms with Crippen molar-refractivity contribution in [1.29, 1.82) is 0 Å². The van der Waals surface area contributed by atoms with E-state index in [0.717, 1.165) is 47.3 Å². The van der Waals surface area contributed by atoms with Crippen LogP contribution in [-0.2, 0) is 4.79 Å². The maximum absolute atomic E-state index is 13.6. The van der Waals surface area contributed by atoms with E-state index in [1.54, 1.807) is 4.90 Å². The third kappa shape index (κ3) is 4.86. The summed E-state index contributed by atoms with van der Waals surface area (Å²) in [7, 11) is 0. The van der Waals surface area contributed by atoms with Crippen molar-refractivity contribution in [2.75, 3.05) is 22.9 Å². The summed E-state index contributed by atoms with van der Waals surface area (Å²) in [5.74, 6) is 1.49. The van der Waals surface area contributed by atoms with E-state index in [4.69, 9.17) is 17.0 Å². The molecule has 6 heteroatoms. The zero-order chi connectivity index (χ0) is 25.8. The van der Waals surface area contributed by atoms with Crippen LogP contribution in [-0.4, -0.2) is 29.0 Å². The molecule has 190 valence electrons. The van der Waals surface area contributed by atoms with Gasteiger partial charge in [0.25, 0.3) is 5.91 Å². The third-order valence-corrected chi connectivity index (χ3v) is 7.35. The number of amides is 1. The highest BCUT2D eigenvalue weighted by Gasteiger charge is 2.38. The largest absolute Gasteiger partial charge is 0.438 e. The van der Waals surface area contributed by atoms with Crippen molar-refractivity contribution in [2.45, 2.75) is 46.0 Å². The molecule has 0 atom stereocenters. The topological polar surface area (TPSA) is 36.0 Å². The second-order valence-corrected chi connectivity index (χ2v) is 9.73. The summed E-state index contributed by atoms with van der Waals surface area (Å²) in [5, 5.41) is 2.75. The minimum Gasteiger partial charge on any atom is -0.438 e. The molecule has 37 heavy (non-hydrogen) atoms. The van der Waals surface area contributed by atoms with Gasteiger partial charge in [-0.05, 0) is 55.2 Å². The van der Waals surface area contributed by atoms with Gasteiger partial charge in [0.05, 0.1) is 5.69 Å². The Bertz CT molecular complexity index is 1370. The monoisotopic (exact) mass is 511 g/mol. The average molecular weight is 512 g/mol. The number of benzene rings is 3. The molecular weight excluding hydrogens is 478 g/mol. The Kier molecular flexibility index (Phi) is 7.56. The predicted molar refractivity (Wildman–Crippen MR) is 156 cm³/mol. The summed E-state index contributed by atoms with van der Waals surface area (Å²) in [6.45, 7) is 5.69. The number of thiocarbonyl (C=S) groups is 1. The Morgan fingerprint density at radius 1 is 0.838 bits per heavy atom. The first-order chi connectivity index (χ1) is 18.1. The Morgan fingerprint density at radius 3 is 2.38 bits per heavy atom. The van der Waals surface area contributed by atoms with Crippen molar-refractivity contribution in [3.63, 3.8) is 0 Å². The highest BCUT2D eigenvalue weighted by Crippen LogP contribution is 2.44. The van der Waals surface area contributed by atoms with E-state index in [1.807, 2.05) is 59.5 Å². The van der Waals surface area contributed by atoms with E-state index in [-0.39, 0.29) is 5.91 Å². The number of fused-ring (bicyclic) bond motifs is 3. The van der Waals surface area contributed by atoms with E-state index < -0.39 is 0 Å². The Hall–Kier alpha value is -3.64. The molecule has 0 bridgehead atoms. The van der Waals surface area contributed by atoms with Crippen LogP contribution in [0.4, 0.5) is 11.4 Å². The number of carbonyl (C=O) groups excluding carboxylic acids is 1. The van der Waals surface area contributed by atoms with E-state index >= 15 is 0 Å². The molecule has 2 aliphatic heterocycles. The number of allylic oxidation sites excluding steroid dienone is 2. The van der Waals surface area contributed by atoms with Gasteiger partial charge in [-0.3, -0.25) is 14.6 Å². The van der Waals surface area contributed by atoms with E-state index in [2.05, 4.69) is 43.0 Å². The Morgan fingerprint density at radius 2 is 1.59 bits per heavy atom. The van der Waals surface area contributed by atoms with Gasteiger partial charge in [-0.2, -0.15) is 0 Å². The van der Waals surface area contributed by atoms with Crippen molar-refractivity contribution >= 4 is 45.4 Å². The smallest absolute Gasteiger partial charge is 0.277 e. The summed E-state index contributed by atoms with van der Waals surface area (Å²) in [4.78, 5) is 19.4. The first-order valence-electron chi connectivity index (χ1n) is 13.2. The van der Waals surface area contributed by atoms with Gasteiger partial charge in [0, 0.05) is 30.2 Å². The number of hydrogen-bond acceptors (Lipinski definition) is 4. The lowest BCUT2D eigenvalue weighted by Gasteiger charge is -2.20. The van der Waals surface area contributed by atoms with Gasteiger partial charge in [0.2, 0.25) is 5.88 Å². The molecule has 0 aromatic heterocycles. The fourth-order valence-electron chi connectivity index (χ4n) is 5.02. The molecule has 0 N–H and O–H groups in total. The zero-order valence-electron chi connectivity index (χ0n) is 21.5. The molecule has 1 amide bonds. The van der Waals surface area contributed by atoms with Gasteiger partial charge in [-0.25, -0.2) is 0 Å². The molecular formula is C31H33N3O2S. The van der Waals surface area contributed by atoms with Crippen LogP contribution in [0.5, 0.6) is 5.75 Å². The normalized spacial score (nSPS) is 17.4. The molecule has 1 fully saturated rings. The number of nitrogens with zero attached hydrogens (tertiary/aromatic N) is 3. The van der Waals surface area contributed by atoms with Gasteiger partial charge in [-0.1, -0.05) is 81.1 Å². The van der Waals surface area contributed by atoms with E-state index in [9.17, 15) is 4.79 Å². The predicted octanol–water partition coefficient (Wildman–Crippen LogP) is 7.39. The third-order valence-electron chi connectivity index (χ3n) is 6.95. The van der Waals surface area contributed by atoms with Gasteiger partial charge < -0.3 is 9.64 Å². The molecule has 3 aromatic rings. The summed E-state index contributed by atoms with van der Waals surface area (Å²) in [6, 6.07) is 22.3. The molecule has 1 saturated heterocycles. The lowest BCUT2D eigenvalue weighted by Crippen LogP contribution is -2.33. The minimum atomic E-state index is -0.0646. The number of unbranched alkanes of at least 4 members (excludes halogenated alkanes) is 4. The molecule has 0 aliphatic carbocycles. The standard InChI is InChI=1S/C31H33N3O2S/c1-3-5-6-7-13-22-33-30(35)27(34(31(33)37)24-15-9-8-10-16-24)20-21-28-32(4-2)26-19-18-23-14-11-12-17-25(23)29(26)36-28/h8-12,14-21H,3-7,13,22H2,1-2H3. The summed E-state index contributed by atoms with van der Waals surface area (Å²) in [5.41, 5.74) is 2.46. The Balaban J connectivity index is 1.47. The first-order valence-corrected chi connectivity index (χ1v) is 13.6. The highest BCUT2D eigenvalue weighted by molar-refractivity contribution is 7.80. The van der Waals surface area contributed by atoms with Crippen LogP contribution in [0, 0.1) is 0 Å². The van der Waals surface area contributed by atoms with Gasteiger partial charge >= 0.3 is 0 Å². The molecule has 0 spiro atoms. The summed E-state index contributed by atoms with van der Waals surface area (Å²) in [6.07, 6.45) is 9.39. The lowest BCUT2D eigenvalue weighted by molar-refractivity contribution is -0.122. The fourth-order valence-corrected chi connectivity index (χ4v) is 5.40.